The number of thiazole rings is 1. The number of carbonyl (C=O) groups is 1. The van der Waals surface area contributed by atoms with Gasteiger partial charge in [-0.3, -0.25) is 14.6 Å². The zero-order valence-electron chi connectivity index (χ0n) is 17.6. The molecule has 1 aromatic heterocycles. The van der Waals surface area contributed by atoms with Gasteiger partial charge in [-0.2, -0.15) is 0 Å². The first-order chi connectivity index (χ1) is 15.2. The van der Waals surface area contributed by atoms with Crippen molar-refractivity contribution in [2.24, 2.45) is 0 Å². The average Bonchev–Trinajstić information content (AvgIpc) is 3.22. The van der Waals surface area contributed by atoms with Crippen molar-refractivity contribution in [3.05, 3.63) is 71.8 Å². The van der Waals surface area contributed by atoms with Gasteiger partial charge in [-0.25, -0.2) is 4.98 Å². The molecule has 1 fully saturated rings. The van der Waals surface area contributed by atoms with Crippen LogP contribution in [0.1, 0.15) is 15.9 Å². The summed E-state index contributed by atoms with van der Waals surface area (Å²) in [5, 5.41) is 2.96. The van der Waals surface area contributed by atoms with Crippen molar-refractivity contribution in [1.82, 2.24) is 9.88 Å². The Bertz CT molecular complexity index is 1230. The molecule has 6 heteroatoms. The standard InChI is InChI=1S/C25H25N3O2S/c1-18-6-9-22-23(16-18)31-25(26-22)28(11-10-27-12-14-30-15-13-27)24(29)21-8-7-19-4-2-3-5-20(19)17-21/h2-9,16-17H,10-15H2,1H3. The fourth-order valence-electron chi connectivity index (χ4n) is 3.96. The van der Waals surface area contributed by atoms with Crippen LogP contribution in [-0.2, 0) is 4.74 Å². The van der Waals surface area contributed by atoms with Gasteiger partial charge in [0.25, 0.3) is 5.91 Å². The molecule has 0 spiro atoms. The predicted octanol–water partition coefficient (Wildman–Crippen LogP) is 4.74. The molecule has 3 aromatic carbocycles. The van der Waals surface area contributed by atoms with E-state index in [4.69, 9.17) is 9.72 Å². The topological polar surface area (TPSA) is 45.7 Å². The van der Waals surface area contributed by atoms with Crippen molar-refractivity contribution < 1.29 is 9.53 Å². The summed E-state index contributed by atoms with van der Waals surface area (Å²) >= 11 is 1.58. The molecule has 0 unspecified atom stereocenters. The number of ether oxygens (including phenoxy) is 1. The van der Waals surface area contributed by atoms with Crippen molar-refractivity contribution in [2.45, 2.75) is 6.92 Å². The van der Waals surface area contributed by atoms with E-state index >= 15 is 0 Å². The summed E-state index contributed by atoms with van der Waals surface area (Å²) in [6.07, 6.45) is 0. The maximum absolute atomic E-state index is 13.7. The Labute approximate surface area is 185 Å². The molecule has 0 atom stereocenters. The highest BCUT2D eigenvalue weighted by molar-refractivity contribution is 7.22. The number of nitrogens with zero attached hydrogens (tertiary/aromatic N) is 3. The Morgan fingerprint density at radius 2 is 1.87 bits per heavy atom. The first kappa shape index (κ1) is 20.1. The third-order valence-corrected chi connectivity index (χ3v) is 6.79. The predicted molar refractivity (Wildman–Crippen MR) is 127 cm³/mol. The molecule has 1 aliphatic rings. The monoisotopic (exact) mass is 431 g/mol. The van der Waals surface area contributed by atoms with E-state index in [-0.39, 0.29) is 5.91 Å². The second-order valence-electron chi connectivity index (χ2n) is 7.94. The van der Waals surface area contributed by atoms with Crippen molar-refractivity contribution in [2.75, 3.05) is 44.3 Å². The summed E-state index contributed by atoms with van der Waals surface area (Å²) < 4.78 is 6.58. The summed E-state index contributed by atoms with van der Waals surface area (Å²) in [5.41, 5.74) is 2.83. The van der Waals surface area contributed by atoms with E-state index in [1.807, 2.05) is 47.4 Å². The van der Waals surface area contributed by atoms with Gasteiger partial charge >= 0.3 is 0 Å². The van der Waals surface area contributed by atoms with Gasteiger partial charge in [-0.05, 0) is 47.5 Å². The van der Waals surface area contributed by atoms with E-state index in [0.717, 1.165) is 59.0 Å². The normalized spacial score (nSPS) is 14.9. The molecule has 0 aliphatic carbocycles. The van der Waals surface area contributed by atoms with Crippen LogP contribution in [0.25, 0.3) is 21.0 Å². The van der Waals surface area contributed by atoms with Crippen molar-refractivity contribution in [1.29, 1.82) is 0 Å². The molecule has 1 saturated heterocycles. The molecule has 0 radical (unpaired) electrons. The SMILES string of the molecule is Cc1ccc2nc(N(CCN3CCOCC3)C(=O)c3ccc4ccccc4c3)sc2c1. The zero-order chi connectivity index (χ0) is 21.2. The van der Waals surface area contributed by atoms with Crippen LogP contribution in [0.15, 0.2) is 60.7 Å². The van der Waals surface area contributed by atoms with E-state index < -0.39 is 0 Å². The van der Waals surface area contributed by atoms with Crippen LogP contribution in [0, 0.1) is 6.92 Å². The minimum Gasteiger partial charge on any atom is -0.379 e. The molecule has 4 aromatic rings. The molecule has 1 aliphatic heterocycles. The van der Waals surface area contributed by atoms with Crippen LogP contribution >= 0.6 is 11.3 Å². The van der Waals surface area contributed by atoms with Gasteiger partial charge in [-0.1, -0.05) is 47.7 Å². The van der Waals surface area contributed by atoms with Gasteiger partial charge in [0.05, 0.1) is 23.4 Å². The van der Waals surface area contributed by atoms with Gasteiger partial charge in [0.2, 0.25) is 0 Å². The van der Waals surface area contributed by atoms with E-state index in [1.165, 1.54) is 5.56 Å². The van der Waals surface area contributed by atoms with Gasteiger partial charge in [0.1, 0.15) is 0 Å². The van der Waals surface area contributed by atoms with Gasteiger partial charge in [0, 0.05) is 31.7 Å². The van der Waals surface area contributed by atoms with Crippen molar-refractivity contribution in [3.63, 3.8) is 0 Å². The number of anilines is 1. The number of aryl methyl sites for hydroxylation is 1. The average molecular weight is 432 g/mol. The molecule has 31 heavy (non-hydrogen) atoms. The second kappa shape index (κ2) is 8.75. The van der Waals surface area contributed by atoms with Crippen LogP contribution < -0.4 is 4.90 Å². The Kier molecular flexibility index (Phi) is 5.68. The lowest BCUT2D eigenvalue weighted by Crippen LogP contribution is -2.43. The Hall–Kier alpha value is -2.80. The van der Waals surface area contributed by atoms with Gasteiger partial charge in [-0.15, -0.1) is 0 Å². The Morgan fingerprint density at radius 3 is 2.71 bits per heavy atom. The minimum atomic E-state index is -0.00482. The van der Waals surface area contributed by atoms with Gasteiger partial charge < -0.3 is 4.74 Å². The number of rotatable bonds is 5. The van der Waals surface area contributed by atoms with Crippen LogP contribution in [0.4, 0.5) is 5.13 Å². The Morgan fingerprint density at radius 1 is 1.06 bits per heavy atom. The van der Waals surface area contributed by atoms with E-state index in [1.54, 1.807) is 11.3 Å². The number of amides is 1. The van der Waals surface area contributed by atoms with E-state index in [2.05, 4.69) is 30.0 Å². The lowest BCUT2D eigenvalue weighted by atomic mass is 10.1. The van der Waals surface area contributed by atoms with E-state index in [9.17, 15) is 4.79 Å². The number of fused-ring (bicyclic) bond motifs is 2. The highest BCUT2D eigenvalue weighted by atomic mass is 32.1. The lowest BCUT2D eigenvalue weighted by Gasteiger charge is -2.29. The number of benzene rings is 3. The fraction of sp³-hybridized carbons (Fsp3) is 0.280. The lowest BCUT2D eigenvalue weighted by molar-refractivity contribution is 0.0391. The zero-order valence-corrected chi connectivity index (χ0v) is 18.4. The van der Waals surface area contributed by atoms with Crippen LogP contribution in [0.2, 0.25) is 0 Å². The number of hydrogen-bond acceptors (Lipinski definition) is 5. The van der Waals surface area contributed by atoms with Crippen molar-refractivity contribution >= 4 is 43.4 Å². The molecule has 0 bridgehead atoms. The number of carbonyl (C=O) groups excluding carboxylic acids is 1. The summed E-state index contributed by atoms with van der Waals surface area (Å²) in [7, 11) is 0. The number of aromatic nitrogens is 1. The highest BCUT2D eigenvalue weighted by Gasteiger charge is 2.23. The largest absolute Gasteiger partial charge is 0.379 e. The summed E-state index contributed by atoms with van der Waals surface area (Å²) in [4.78, 5) is 22.7. The summed E-state index contributed by atoms with van der Waals surface area (Å²) in [6.45, 7) is 6.78. The van der Waals surface area contributed by atoms with Crippen LogP contribution in [-0.4, -0.2) is 55.2 Å². The number of morpholine rings is 1. The maximum atomic E-state index is 13.7. The van der Waals surface area contributed by atoms with Gasteiger partial charge in [0.15, 0.2) is 5.13 Å². The van der Waals surface area contributed by atoms with Crippen LogP contribution in [0.3, 0.4) is 0 Å². The molecule has 5 nitrogen and oxygen atoms in total. The third-order valence-electron chi connectivity index (χ3n) is 5.75. The molecular formula is C25H25N3O2S. The molecule has 2 heterocycles. The molecule has 1 amide bonds. The molecule has 0 N–H and O–H groups in total. The molecule has 0 saturated carbocycles. The van der Waals surface area contributed by atoms with E-state index in [0.29, 0.717) is 12.1 Å². The summed E-state index contributed by atoms with van der Waals surface area (Å²) in [5.74, 6) is -0.00482. The highest BCUT2D eigenvalue weighted by Crippen LogP contribution is 2.31. The maximum Gasteiger partial charge on any atom is 0.260 e. The second-order valence-corrected chi connectivity index (χ2v) is 8.95. The molecule has 158 valence electrons. The quantitative estimate of drug-likeness (QED) is 0.458. The Balaban J connectivity index is 1.48. The first-order valence-electron chi connectivity index (χ1n) is 10.7. The molecular weight excluding hydrogens is 406 g/mol. The third kappa shape index (κ3) is 4.32. The minimum absolute atomic E-state index is 0.00482. The smallest absolute Gasteiger partial charge is 0.260 e. The molecule has 5 rings (SSSR count). The van der Waals surface area contributed by atoms with Crippen molar-refractivity contribution in [3.8, 4) is 0 Å². The summed E-state index contributed by atoms with van der Waals surface area (Å²) in [6, 6.07) is 20.3. The fourth-order valence-corrected chi connectivity index (χ4v) is 5.05. The van der Waals surface area contributed by atoms with Crippen LogP contribution in [0.5, 0.6) is 0 Å². The number of hydrogen-bond donors (Lipinski definition) is 0. The first-order valence-corrected chi connectivity index (χ1v) is 11.5.